The minimum absolute atomic E-state index is 0.0120. The van der Waals surface area contributed by atoms with E-state index in [1.807, 2.05) is 30.3 Å². The summed E-state index contributed by atoms with van der Waals surface area (Å²) in [4.78, 5) is 11.9. The van der Waals surface area contributed by atoms with Crippen LogP contribution >= 0.6 is 0 Å². The van der Waals surface area contributed by atoms with E-state index in [1.165, 1.54) is 6.20 Å². The summed E-state index contributed by atoms with van der Waals surface area (Å²) in [7, 11) is 0. The molecule has 1 aromatic carbocycles. The second-order valence-electron chi connectivity index (χ2n) is 6.84. The molecule has 1 fully saturated rings. The van der Waals surface area contributed by atoms with Crippen LogP contribution in [0.1, 0.15) is 30.2 Å². The second-order valence-corrected chi connectivity index (χ2v) is 6.84. The monoisotopic (exact) mass is 400 g/mol. The number of hydrogen-bond donors (Lipinski definition) is 1. The molecule has 4 rings (SSSR count). The van der Waals surface area contributed by atoms with Gasteiger partial charge in [0.25, 0.3) is 0 Å². The highest BCUT2D eigenvalue weighted by molar-refractivity contribution is 5.56. The molecule has 0 radical (unpaired) electrons. The van der Waals surface area contributed by atoms with E-state index in [1.54, 1.807) is 18.3 Å². The lowest BCUT2D eigenvalue weighted by Crippen LogP contribution is -2.30. The zero-order valence-electron chi connectivity index (χ0n) is 15.4. The Hall–Kier alpha value is -3.00. The first kappa shape index (κ1) is 19.3. The van der Waals surface area contributed by atoms with Crippen LogP contribution in [0.2, 0.25) is 0 Å². The predicted octanol–water partition coefficient (Wildman–Crippen LogP) is 4.89. The molecule has 0 bridgehead atoms. The SMILES string of the molecule is FC(F)(F)c1cc(NC2CCOC(c3ccccc3)C2)nc(-c2cccnc2)n1. The van der Waals surface area contributed by atoms with E-state index in [2.05, 4.69) is 20.3 Å². The van der Waals surface area contributed by atoms with Crippen molar-refractivity contribution in [2.45, 2.75) is 31.2 Å². The van der Waals surface area contributed by atoms with Crippen LogP contribution in [0, 0.1) is 0 Å². The van der Waals surface area contributed by atoms with Gasteiger partial charge < -0.3 is 10.1 Å². The number of nitrogens with one attached hydrogen (secondary N) is 1. The Morgan fingerprint density at radius 2 is 1.86 bits per heavy atom. The van der Waals surface area contributed by atoms with Gasteiger partial charge in [0, 0.05) is 36.7 Å². The van der Waals surface area contributed by atoms with Crippen LogP contribution in [0.3, 0.4) is 0 Å². The zero-order chi connectivity index (χ0) is 20.3. The number of nitrogens with zero attached hydrogens (tertiary/aromatic N) is 3. The maximum absolute atomic E-state index is 13.4. The summed E-state index contributed by atoms with van der Waals surface area (Å²) in [5, 5.41) is 3.15. The summed E-state index contributed by atoms with van der Waals surface area (Å²) >= 11 is 0. The van der Waals surface area contributed by atoms with Crippen molar-refractivity contribution >= 4 is 5.82 Å². The number of aromatic nitrogens is 3. The number of ether oxygens (including phenoxy) is 1. The maximum atomic E-state index is 13.4. The first-order valence-electron chi connectivity index (χ1n) is 9.29. The lowest BCUT2D eigenvalue weighted by molar-refractivity contribution is -0.141. The Labute approximate surface area is 166 Å². The normalized spacial score (nSPS) is 19.7. The van der Waals surface area contributed by atoms with Gasteiger partial charge in [-0.25, -0.2) is 9.97 Å². The Kier molecular flexibility index (Phi) is 5.44. The minimum atomic E-state index is -4.57. The maximum Gasteiger partial charge on any atom is 0.433 e. The summed E-state index contributed by atoms with van der Waals surface area (Å²) < 4.78 is 46.0. The number of hydrogen-bond acceptors (Lipinski definition) is 5. The number of rotatable bonds is 4. The highest BCUT2D eigenvalue weighted by Crippen LogP contribution is 2.33. The Balaban J connectivity index is 1.59. The standard InChI is InChI=1S/C21H19F3N4O/c22-21(23,24)18-12-19(28-20(27-18)15-7-4-9-25-13-15)26-16-8-10-29-17(11-16)14-5-2-1-3-6-14/h1-7,9,12-13,16-17H,8,10-11H2,(H,26,27,28). The number of halogens is 3. The van der Waals surface area contributed by atoms with Crippen LogP contribution in [0.25, 0.3) is 11.4 Å². The highest BCUT2D eigenvalue weighted by atomic mass is 19.4. The predicted molar refractivity (Wildman–Crippen MR) is 102 cm³/mol. The van der Waals surface area contributed by atoms with Gasteiger partial charge in [-0.05, 0) is 30.5 Å². The molecule has 0 spiro atoms. The van der Waals surface area contributed by atoms with Gasteiger partial charge in [-0.3, -0.25) is 4.98 Å². The largest absolute Gasteiger partial charge is 0.433 e. The first-order valence-corrected chi connectivity index (χ1v) is 9.29. The minimum Gasteiger partial charge on any atom is -0.373 e. The van der Waals surface area contributed by atoms with Crippen molar-refractivity contribution in [3.05, 3.63) is 72.2 Å². The van der Waals surface area contributed by atoms with Crippen molar-refractivity contribution in [1.82, 2.24) is 15.0 Å². The van der Waals surface area contributed by atoms with E-state index in [-0.39, 0.29) is 23.8 Å². The molecule has 0 saturated carbocycles. The Morgan fingerprint density at radius 3 is 2.59 bits per heavy atom. The van der Waals surface area contributed by atoms with Gasteiger partial charge in [0.05, 0.1) is 6.10 Å². The van der Waals surface area contributed by atoms with Crippen molar-refractivity contribution in [3.8, 4) is 11.4 Å². The second kappa shape index (κ2) is 8.16. The van der Waals surface area contributed by atoms with E-state index in [4.69, 9.17) is 4.74 Å². The quantitative estimate of drug-likeness (QED) is 0.676. The smallest absolute Gasteiger partial charge is 0.373 e. The van der Waals surface area contributed by atoms with E-state index < -0.39 is 11.9 Å². The third-order valence-corrected chi connectivity index (χ3v) is 4.74. The molecular formula is C21H19F3N4O. The number of pyridine rings is 1. The molecule has 29 heavy (non-hydrogen) atoms. The van der Waals surface area contributed by atoms with Gasteiger partial charge in [0.1, 0.15) is 5.82 Å². The third kappa shape index (κ3) is 4.71. The van der Waals surface area contributed by atoms with Crippen molar-refractivity contribution in [1.29, 1.82) is 0 Å². The third-order valence-electron chi connectivity index (χ3n) is 4.74. The molecular weight excluding hydrogens is 381 g/mol. The van der Waals surface area contributed by atoms with E-state index in [0.29, 0.717) is 25.0 Å². The summed E-state index contributed by atoms with van der Waals surface area (Å²) in [6.07, 6.45) is -0.377. The lowest BCUT2D eigenvalue weighted by atomic mass is 9.97. The van der Waals surface area contributed by atoms with Crippen molar-refractivity contribution in [2.75, 3.05) is 11.9 Å². The summed E-state index contributed by atoms with van der Waals surface area (Å²) in [5.41, 5.74) is 0.491. The lowest BCUT2D eigenvalue weighted by Gasteiger charge is -2.31. The molecule has 5 nitrogen and oxygen atoms in total. The van der Waals surface area contributed by atoms with Crippen LogP contribution in [0.5, 0.6) is 0 Å². The molecule has 1 N–H and O–H groups in total. The molecule has 8 heteroatoms. The summed E-state index contributed by atoms with van der Waals surface area (Å²) in [6.45, 7) is 0.518. The Bertz CT molecular complexity index is 951. The van der Waals surface area contributed by atoms with Crippen LogP contribution in [0.4, 0.5) is 19.0 Å². The zero-order valence-corrected chi connectivity index (χ0v) is 15.4. The molecule has 0 aliphatic carbocycles. The average molecular weight is 400 g/mol. The van der Waals surface area contributed by atoms with Crippen molar-refractivity contribution in [3.63, 3.8) is 0 Å². The van der Waals surface area contributed by atoms with E-state index in [0.717, 1.165) is 11.6 Å². The fraction of sp³-hybridized carbons (Fsp3) is 0.286. The molecule has 1 saturated heterocycles. The van der Waals surface area contributed by atoms with Gasteiger partial charge in [-0.1, -0.05) is 30.3 Å². The molecule has 0 amide bonds. The first-order chi connectivity index (χ1) is 14.0. The van der Waals surface area contributed by atoms with E-state index in [9.17, 15) is 13.2 Å². The van der Waals surface area contributed by atoms with Crippen molar-refractivity contribution < 1.29 is 17.9 Å². The van der Waals surface area contributed by atoms with Crippen LogP contribution in [-0.2, 0) is 10.9 Å². The van der Waals surface area contributed by atoms with Gasteiger partial charge in [-0.2, -0.15) is 13.2 Å². The number of alkyl halides is 3. The van der Waals surface area contributed by atoms with Gasteiger partial charge in [0.2, 0.25) is 0 Å². The fourth-order valence-electron chi connectivity index (χ4n) is 3.33. The Morgan fingerprint density at radius 1 is 1.03 bits per heavy atom. The van der Waals surface area contributed by atoms with Gasteiger partial charge >= 0.3 is 6.18 Å². The molecule has 2 atom stereocenters. The van der Waals surface area contributed by atoms with E-state index >= 15 is 0 Å². The number of benzene rings is 1. The fourth-order valence-corrected chi connectivity index (χ4v) is 3.33. The van der Waals surface area contributed by atoms with Crippen LogP contribution in [0.15, 0.2) is 60.9 Å². The number of anilines is 1. The average Bonchev–Trinajstić information content (AvgIpc) is 2.74. The molecule has 3 heterocycles. The van der Waals surface area contributed by atoms with Crippen molar-refractivity contribution in [2.24, 2.45) is 0 Å². The molecule has 1 aliphatic heterocycles. The highest BCUT2D eigenvalue weighted by Gasteiger charge is 2.34. The molecule has 1 aliphatic rings. The van der Waals surface area contributed by atoms with Gasteiger partial charge in [-0.15, -0.1) is 0 Å². The summed E-state index contributed by atoms with van der Waals surface area (Å²) in [5.74, 6) is 0.131. The van der Waals surface area contributed by atoms with Crippen LogP contribution in [-0.4, -0.2) is 27.6 Å². The molecule has 2 unspecified atom stereocenters. The molecule has 3 aromatic rings. The summed E-state index contributed by atoms with van der Waals surface area (Å²) in [6, 6.07) is 13.9. The molecule has 150 valence electrons. The van der Waals surface area contributed by atoms with Gasteiger partial charge in [0.15, 0.2) is 11.5 Å². The van der Waals surface area contributed by atoms with Crippen LogP contribution < -0.4 is 5.32 Å². The topological polar surface area (TPSA) is 59.9 Å². The molecule has 2 aromatic heterocycles.